The number of piperidine rings is 1. The minimum absolute atomic E-state index is 0.166. The maximum atomic E-state index is 12.2. The standard InChI is InChI=1S/C15H22N4O2/c1-10-11(2)21-15(13(10)8-17)18-14(20)9-19-6-4-3-5-12(19)7-16/h12H,3-7,9,16H2,1-2H3,(H,18,20). The number of likely N-dealkylation sites (tertiary alicyclic amines) is 1. The van der Waals surface area contributed by atoms with Crippen molar-refractivity contribution in [3.8, 4) is 6.07 Å². The minimum atomic E-state index is -0.166. The lowest BCUT2D eigenvalue weighted by atomic mass is 10.0. The quantitative estimate of drug-likeness (QED) is 0.876. The molecule has 6 heteroatoms. The highest BCUT2D eigenvalue weighted by atomic mass is 16.4. The first-order chi connectivity index (χ1) is 10.1. The first kappa shape index (κ1) is 15.5. The lowest BCUT2D eigenvalue weighted by Gasteiger charge is -2.34. The van der Waals surface area contributed by atoms with Crippen molar-refractivity contribution in [3.63, 3.8) is 0 Å². The first-order valence-corrected chi connectivity index (χ1v) is 7.30. The van der Waals surface area contributed by atoms with Gasteiger partial charge >= 0.3 is 0 Å². The van der Waals surface area contributed by atoms with Crippen LogP contribution in [0.25, 0.3) is 0 Å². The van der Waals surface area contributed by atoms with Crippen LogP contribution < -0.4 is 11.1 Å². The van der Waals surface area contributed by atoms with Crippen molar-refractivity contribution < 1.29 is 9.21 Å². The Labute approximate surface area is 124 Å². The van der Waals surface area contributed by atoms with E-state index in [0.29, 0.717) is 17.9 Å². The number of hydrogen-bond donors (Lipinski definition) is 2. The zero-order chi connectivity index (χ0) is 15.4. The number of nitriles is 1. The summed E-state index contributed by atoms with van der Waals surface area (Å²) in [6.07, 6.45) is 3.29. The lowest BCUT2D eigenvalue weighted by Crippen LogP contribution is -2.47. The van der Waals surface area contributed by atoms with Crippen molar-refractivity contribution in [3.05, 3.63) is 16.9 Å². The number of carbonyl (C=O) groups excluding carboxylic acids is 1. The van der Waals surface area contributed by atoms with E-state index < -0.39 is 0 Å². The third-order valence-electron chi connectivity index (χ3n) is 4.12. The molecule has 0 radical (unpaired) electrons. The lowest BCUT2D eigenvalue weighted by molar-refractivity contribution is -0.118. The molecule has 1 unspecified atom stereocenters. The van der Waals surface area contributed by atoms with E-state index in [2.05, 4.69) is 16.3 Å². The highest BCUT2D eigenvalue weighted by Crippen LogP contribution is 2.25. The summed E-state index contributed by atoms with van der Waals surface area (Å²) < 4.78 is 5.45. The molecule has 0 saturated carbocycles. The number of carbonyl (C=O) groups is 1. The predicted molar refractivity (Wildman–Crippen MR) is 79.8 cm³/mol. The van der Waals surface area contributed by atoms with E-state index in [0.717, 1.165) is 31.4 Å². The second-order valence-electron chi connectivity index (χ2n) is 5.50. The molecule has 0 aromatic carbocycles. The number of nitrogens with zero attached hydrogens (tertiary/aromatic N) is 2. The molecule has 2 rings (SSSR count). The molecule has 1 aliphatic heterocycles. The second-order valence-corrected chi connectivity index (χ2v) is 5.50. The number of amides is 1. The van der Waals surface area contributed by atoms with Gasteiger partial charge in [0.25, 0.3) is 0 Å². The van der Waals surface area contributed by atoms with E-state index in [1.807, 2.05) is 6.92 Å². The largest absolute Gasteiger partial charge is 0.444 e. The maximum Gasteiger partial charge on any atom is 0.240 e. The van der Waals surface area contributed by atoms with E-state index in [1.54, 1.807) is 6.92 Å². The molecule has 114 valence electrons. The van der Waals surface area contributed by atoms with Crippen LogP contribution >= 0.6 is 0 Å². The van der Waals surface area contributed by atoms with E-state index in [-0.39, 0.29) is 24.4 Å². The third kappa shape index (κ3) is 3.43. The van der Waals surface area contributed by atoms with Crippen molar-refractivity contribution in [1.82, 2.24) is 4.90 Å². The number of anilines is 1. The van der Waals surface area contributed by atoms with Gasteiger partial charge in [0.15, 0.2) is 0 Å². The molecule has 1 amide bonds. The summed E-state index contributed by atoms with van der Waals surface area (Å²) in [4.78, 5) is 14.3. The van der Waals surface area contributed by atoms with Crippen molar-refractivity contribution in [1.29, 1.82) is 5.26 Å². The van der Waals surface area contributed by atoms with Crippen molar-refractivity contribution in [2.45, 2.75) is 39.2 Å². The Morgan fingerprint density at radius 2 is 2.29 bits per heavy atom. The third-order valence-corrected chi connectivity index (χ3v) is 4.12. The van der Waals surface area contributed by atoms with Gasteiger partial charge in [-0.1, -0.05) is 6.42 Å². The monoisotopic (exact) mass is 290 g/mol. The molecule has 3 N–H and O–H groups in total. The van der Waals surface area contributed by atoms with Gasteiger partial charge in [0, 0.05) is 18.2 Å². The molecular formula is C15H22N4O2. The van der Waals surface area contributed by atoms with Crippen molar-refractivity contribution in [2.24, 2.45) is 5.73 Å². The van der Waals surface area contributed by atoms with Gasteiger partial charge in [-0.15, -0.1) is 0 Å². The molecule has 0 aliphatic carbocycles. The summed E-state index contributed by atoms with van der Waals surface area (Å²) in [5.74, 6) is 0.735. The number of furan rings is 1. The van der Waals surface area contributed by atoms with Crippen LogP contribution in [0.3, 0.4) is 0 Å². The predicted octanol–water partition coefficient (Wildman–Crippen LogP) is 1.52. The summed E-state index contributed by atoms with van der Waals surface area (Å²) in [6.45, 7) is 5.32. The summed E-state index contributed by atoms with van der Waals surface area (Å²) in [5.41, 5.74) is 6.92. The van der Waals surface area contributed by atoms with Gasteiger partial charge in [0.2, 0.25) is 11.8 Å². The maximum absolute atomic E-state index is 12.2. The van der Waals surface area contributed by atoms with Crippen LogP contribution in [0, 0.1) is 25.2 Å². The zero-order valence-corrected chi connectivity index (χ0v) is 12.6. The molecule has 1 aromatic rings. The Kier molecular flexibility index (Phi) is 4.99. The van der Waals surface area contributed by atoms with Crippen LogP contribution in [-0.2, 0) is 4.79 Å². The van der Waals surface area contributed by atoms with Gasteiger partial charge in [0.05, 0.1) is 6.54 Å². The van der Waals surface area contributed by atoms with Gasteiger partial charge in [-0.05, 0) is 33.2 Å². The van der Waals surface area contributed by atoms with Crippen LogP contribution in [0.1, 0.15) is 36.1 Å². The topological polar surface area (TPSA) is 95.3 Å². The molecule has 1 atom stereocenters. The summed E-state index contributed by atoms with van der Waals surface area (Å²) in [5, 5.41) is 11.8. The Balaban J connectivity index is 2.02. The smallest absolute Gasteiger partial charge is 0.240 e. The second kappa shape index (κ2) is 6.74. The Morgan fingerprint density at radius 3 is 2.95 bits per heavy atom. The average molecular weight is 290 g/mol. The Morgan fingerprint density at radius 1 is 1.52 bits per heavy atom. The van der Waals surface area contributed by atoms with Crippen LogP contribution in [0.2, 0.25) is 0 Å². The number of nitrogens with one attached hydrogen (secondary N) is 1. The zero-order valence-electron chi connectivity index (χ0n) is 12.6. The fraction of sp³-hybridized carbons (Fsp3) is 0.600. The van der Waals surface area contributed by atoms with Crippen LogP contribution in [0.4, 0.5) is 5.88 Å². The molecule has 1 aliphatic rings. The van der Waals surface area contributed by atoms with Crippen LogP contribution in [-0.4, -0.2) is 36.5 Å². The van der Waals surface area contributed by atoms with Crippen LogP contribution in [0.5, 0.6) is 0 Å². The average Bonchev–Trinajstić information content (AvgIpc) is 2.73. The normalized spacial score (nSPS) is 19.2. The molecular weight excluding hydrogens is 268 g/mol. The van der Waals surface area contributed by atoms with Gasteiger partial charge in [-0.25, -0.2) is 0 Å². The van der Waals surface area contributed by atoms with E-state index in [1.165, 1.54) is 0 Å². The molecule has 1 aromatic heterocycles. The molecule has 0 spiro atoms. The molecule has 0 bridgehead atoms. The molecule has 1 fully saturated rings. The minimum Gasteiger partial charge on any atom is -0.444 e. The number of hydrogen-bond acceptors (Lipinski definition) is 5. The molecule has 21 heavy (non-hydrogen) atoms. The highest BCUT2D eigenvalue weighted by molar-refractivity contribution is 5.92. The summed E-state index contributed by atoms with van der Waals surface area (Å²) in [6, 6.07) is 2.34. The Hall–Kier alpha value is -1.84. The molecule has 2 heterocycles. The fourth-order valence-electron chi connectivity index (χ4n) is 2.74. The van der Waals surface area contributed by atoms with Crippen LogP contribution in [0.15, 0.2) is 4.42 Å². The van der Waals surface area contributed by atoms with E-state index >= 15 is 0 Å². The van der Waals surface area contributed by atoms with Gasteiger partial charge in [-0.2, -0.15) is 5.26 Å². The number of nitrogens with two attached hydrogens (primary N) is 1. The van der Waals surface area contributed by atoms with Crippen molar-refractivity contribution >= 4 is 11.8 Å². The summed E-state index contributed by atoms with van der Waals surface area (Å²) in [7, 11) is 0. The fourth-order valence-corrected chi connectivity index (χ4v) is 2.74. The highest BCUT2D eigenvalue weighted by Gasteiger charge is 2.24. The SMILES string of the molecule is Cc1oc(NC(=O)CN2CCCCC2CN)c(C#N)c1C. The number of rotatable bonds is 4. The van der Waals surface area contributed by atoms with E-state index in [9.17, 15) is 4.79 Å². The van der Waals surface area contributed by atoms with Gasteiger partial charge in [-0.3, -0.25) is 15.0 Å². The van der Waals surface area contributed by atoms with Crippen molar-refractivity contribution in [2.75, 3.05) is 25.0 Å². The molecule has 6 nitrogen and oxygen atoms in total. The molecule has 1 saturated heterocycles. The Bertz CT molecular complexity index is 559. The number of aryl methyl sites for hydroxylation is 1. The van der Waals surface area contributed by atoms with Gasteiger partial charge in [0.1, 0.15) is 17.4 Å². The summed E-state index contributed by atoms with van der Waals surface area (Å²) >= 11 is 0. The first-order valence-electron chi connectivity index (χ1n) is 7.30. The van der Waals surface area contributed by atoms with Gasteiger partial charge < -0.3 is 10.2 Å². The van der Waals surface area contributed by atoms with E-state index in [4.69, 9.17) is 15.4 Å².